The third kappa shape index (κ3) is 1.67. The predicted molar refractivity (Wildman–Crippen MR) is 49.2 cm³/mol. The highest BCUT2D eigenvalue weighted by Gasteiger charge is 2.36. The minimum atomic E-state index is -0.960. The molecule has 1 saturated heterocycles. The van der Waals surface area contributed by atoms with Gasteiger partial charge in [-0.05, 0) is 6.92 Å². The zero-order valence-corrected chi connectivity index (χ0v) is 8.10. The number of amides is 1. The summed E-state index contributed by atoms with van der Waals surface area (Å²) in [5, 5.41) is 15.2. The number of aromatic nitrogens is 3. The molecule has 0 radical (unpaired) electrons. The van der Waals surface area contributed by atoms with Gasteiger partial charge >= 0.3 is 5.97 Å². The standard InChI is InChI=1S/C8H10N4O3/c1-4-9-8(11-10-4)12-3-5(7(14)15)2-6(12)13/h5H,2-3H2,1H3,(H,14,15)(H,9,10,11). The average Bonchev–Trinajstić information content (AvgIpc) is 2.71. The number of aryl methyl sites for hydroxylation is 1. The second-order valence-electron chi connectivity index (χ2n) is 3.46. The summed E-state index contributed by atoms with van der Waals surface area (Å²) in [5.41, 5.74) is 0. The van der Waals surface area contributed by atoms with Crippen molar-refractivity contribution in [3.05, 3.63) is 5.82 Å². The Bertz CT molecular complexity index is 414. The van der Waals surface area contributed by atoms with Crippen molar-refractivity contribution in [2.75, 3.05) is 11.4 Å². The molecule has 1 aliphatic rings. The Morgan fingerprint density at radius 2 is 2.40 bits per heavy atom. The van der Waals surface area contributed by atoms with Crippen molar-refractivity contribution in [2.45, 2.75) is 13.3 Å². The van der Waals surface area contributed by atoms with Crippen LogP contribution in [0.5, 0.6) is 0 Å². The van der Waals surface area contributed by atoms with E-state index in [9.17, 15) is 9.59 Å². The van der Waals surface area contributed by atoms with Crippen molar-refractivity contribution in [1.29, 1.82) is 0 Å². The average molecular weight is 210 g/mol. The van der Waals surface area contributed by atoms with Gasteiger partial charge in [0.1, 0.15) is 5.82 Å². The molecule has 7 heteroatoms. The Kier molecular flexibility index (Phi) is 2.14. The van der Waals surface area contributed by atoms with Gasteiger partial charge in [-0.1, -0.05) is 0 Å². The number of aromatic amines is 1. The summed E-state index contributed by atoms with van der Waals surface area (Å²) in [7, 11) is 0. The maximum absolute atomic E-state index is 11.5. The molecule has 1 amide bonds. The lowest BCUT2D eigenvalue weighted by Gasteiger charge is -2.09. The third-order valence-corrected chi connectivity index (χ3v) is 2.30. The Labute approximate surface area is 85.1 Å². The predicted octanol–water partition coefficient (Wildman–Crippen LogP) is -0.449. The van der Waals surface area contributed by atoms with Crippen LogP contribution in [0.4, 0.5) is 5.95 Å². The normalized spacial score (nSPS) is 21.0. The molecule has 2 heterocycles. The molecule has 7 nitrogen and oxygen atoms in total. The number of anilines is 1. The summed E-state index contributed by atoms with van der Waals surface area (Å²) in [6, 6.07) is 0. The molecule has 80 valence electrons. The van der Waals surface area contributed by atoms with E-state index >= 15 is 0 Å². The SMILES string of the molecule is Cc1nc(N2CC(C(=O)O)CC2=O)n[nH]1. The van der Waals surface area contributed by atoms with E-state index in [4.69, 9.17) is 5.11 Å². The molecule has 1 unspecified atom stereocenters. The fraction of sp³-hybridized carbons (Fsp3) is 0.500. The van der Waals surface area contributed by atoms with Crippen LogP contribution in [0.2, 0.25) is 0 Å². The van der Waals surface area contributed by atoms with E-state index in [0.717, 1.165) is 0 Å². The van der Waals surface area contributed by atoms with Crippen molar-refractivity contribution in [2.24, 2.45) is 5.92 Å². The highest BCUT2D eigenvalue weighted by atomic mass is 16.4. The summed E-state index contributed by atoms with van der Waals surface area (Å²) in [6.45, 7) is 1.86. The Morgan fingerprint density at radius 3 is 2.87 bits per heavy atom. The number of carboxylic acids is 1. The lowest BCUT2D eigenvalue weighted by molar-refractivity contribution is -0.141. The number of H-pyrrole nitrogens is 1. The molecule has 15 heavy (non-hydrogen) atoms. The topological polar surface area (TPSA) is 99.2 Å². The number of nitrogens with one attached hydrogen (secondary N) is 1. The van der Waals surface area contributed by atoms with Crippen LogP contribution in [-0.2, 0) is 9.59 Å². The molecule has 1 fully saturated rings. The van der Waals surface area contributed by atoms with Gasteiger partial charge in [0.2, 0.25) is 5.91 Å². The number of aliphatic carboxylic acids is 1. The first-order valence-corrected chi connectivity index (χ1v) is 4.50. The zero-order valence-electron chi connectivity index (χ0n) is 8.10. The Balaban J connectivity index is 2.18. The summed E-state index contributed by atoms with van der Waals surface area (Å²) >= 11 is 0. The molecule has 0 aromatic carbocycles. The zero-order chi connectivity index (χ0) is 11.0. The summed E-state index contributed by atoms with van der Waals surface area (Å²) < 4.78 is 0. The number of rotatable bonds is 2. The van der Waals surface area contributed by atoms with Crippen molar-refractivity contribution in [3.8, 4) is 0 Å². The fourth-order valence-electron chi connectivity index (χ4n) is 1.52. The number of carbonyl (C=O) groups is 2. The van der Waals surface area contributed by atoms with Crippen molar-refractivity contribution >= 4 is 17.8 Å². The molecule has 1 aromatic rings. The van der Waals surface area contributed by atoms with E-state index < -0.39 is 11.9 Å². The van der Waals surface area contributed by atoms with Crippen molar-refractivity contribution < 1.29 is 14.7 Å². The first-order chi connectivity index (χ1) is 7.08. The molecule has 1 atom stereocenters. The molecule has 2 rings (SSSR count). The van der Waals surface area contributed by atoms with Gasteiger partial charge in [0, 0.05) is 13.0 Å². The lowest BCUT2D eigenvalue weighted by Crippen LogP contribution is -2.26. The van der Waals surface area contributed by atoms with E-state index in [-0.39, 0.29) is 24.8 Å². The first-order valence-electron chi connectivity index (χ1n) is 4.50. The first kappa shape index (κ1) is 9.63. The van der Waals surface area contributed by atoms with E-state index in [0.29, 0.717) is 5.82 Å². The molecule has 0 spiro atoms. The number of hydrogen-bond donors (Lipinski definition) is 2. The van der Waals surface area contributed by atoms with Crippen LogP contribution in [0, 0.1) is 12.8 Å². The second kappa shape index (κ2) is 3.34. The van der Waals surface area contributed by atoms with E-state index in [1.54, 1.807) is 6.92 Å². The van der Waals surface area contributed by atoms with Crippen molar-refractivity contribution in [1.82, 2.24) is 15.2 Å². The molecular weight excluding hydrogens is 200 g/mol. The summed E-state index contributed by atoms with van der Waals surface area (Å²) in [4.78, 5) is 27.4. The van der Waals surface area contributed by atoms with Gasteiger partial charge in [-0.2, -0.15) is 4.98 Å². The van der Waals surface area contributed by atoms with E-state index in [2.05, 4.69) is 15.2 Å². The number of hydrogen-bond acceptors (Lipinski definition) is 4. The van der Waals surface area contributed by atoms with Gasteiger partial charge in [0.15, 0.2) is 0 Å². The summed E-state index contributed by atoms with van der Waals surface area (Å²) in [6.07, 6.45) is 0.0168. The lowest BCUT2D eigenvalue weighted by atomic mass is 10.1. The smallest absolute Gasteiger partial charge is 0.308 e. The Hall–Kier alpha value is -1.92. The molecule has 0 bridgehead atoms. The molecule has 1 aliphatic heterocycles. The van der Waals surface area contributed by atoms with Crippen LogP contribution < -0.4 is 4.90 Å². The van der Waals surface area contributed by atoms with Crippen molar-refractivity contribution in [3.63, 3.8) is 0 Å². The van der Waals surface area contributed by atoms with Crippen LogP contribution in [0.1, 0.15) is 12.2 Å². The van der Waals surface area contributed by atoms with E-state index in [1.807, 2.05) is 0 Å². The summed E-state index contributed by atoms with van der Waals surface area (Å²) in [5.74, 6) is -1.02. The molecule has 2 N–H and O–H groups in total. The quantitative estimate of drug-likeness (QED) is 0.688. The molecule has 1 aromatic heterocycles. The van der Waals surface area contributed by atoms with Crippen LogP contribution in [0.25, 0.3) is 0 Å². The van der Waals surface area contributed by atoms with Crippen LogP contribution in [0.3, 0.4) is 0 Å². The largest absolute Gasteiger partial charge is 0.481 e. The molecule has 0 aliphatic carbocycles. The van der Waals surface area contributed by atoms with Crippen LogP contribution >= 0.6 is 0 Å². The van der Waals surface area contributed by atoms with Crippen LogP contribution in [0.15, 0.2) is 0 Å². The maximum Gasteiger partial charge on any atom is 0.308 e. The highest BCUT2D eigenvalue weighted by Crippen LogP contribution is 2.21. The minimum Gasteiger partial charge on any atom is -0.481 e. The van der Waals surface area contributed by atoms with Gasteiger partial charge in [-0.15, -0.1) is 5.10 Å². The highest BCUT2D eigenvalue weighted by molar-refractivity contribution is 5.97. The van der Waals surface area contributed by atoms with Gasteiger partial charge < -0.3 is 5.11 Å². The number of carboxylic acid groups (broad SMARTS) is 1. The fourth-order valence-corrected chi connectivity index (χ4v) is 1.52. The van der Waals surface area contributed by atoms with E-state index in [1.165, 1.54) is 4.90 Å². The molecule has 0 saturated carbocycles. The second-order valence-corrected chi connectivity index (χ2v) is 3.46. The maximum atomic E-state index is 11.5. The van der Waals surface area contributed by atoms with Gasteiger partial charge in [-0.25, -0.2) is 0 Å². The van der Waals surface area contributed by atoms with Gasteiger partial charge in [0.05, 0.1) is 5.92 Å². The minimum absolute atomic E-state index is 0.0168. The van der Waals surface area contributed by atoms with Gasteiger partial charge in [-0.3, -0.25) is 19.6 Å². The van der Waals surface area contributed by atoms with Crippen LogP contribution in [-0.4, -0.2) is 38.7 Å². The monoisotopic (exact) mass is 210 g/mol. The number of nitrogens with zero attached hydrogens (tertiary/aromatic N) is 3. The molecular formula is C8H10N4O3. The Morgan fingerprint density at radius 1 is 1.67 bits per heavy atom. The number of carbonyl (C=O) groups excluding carboxylic acids is 1. The third-order valence-electron chi connectivity index (χ3n) is 2.30. The van der Waals surface area contributed by atoms with Gasteiger partial charge in [0.25, 0.3) is 5.95 Å².